The summed E-state index contributed by atoms with van der Waals surface area (Å²) < 4.78 is 11.3. The second-order valence-corrected chi connectivity index (χ2v) is 8.75. The molecule has 164 valence electrons. The molecule has 2 rings (SSSR count). The Morgan fingerprint density at radius 2 is 1.50 bits per heavy atom. The van der Waals surface area contributed by atoms with Crippen LogP contribution in [0, 0.1) is 0 Å². The molecule has 2 N–H and O–H groups in total. The standard InChI is InChI=1S/C25H34O5/c1-7-17(2)18-11-13-19(14-12-18)29-16-15-22(26)30-23-20(24(3,4)27)9-8-10-21(23)25(5,6)28/h8-14,17,27-28H,7,15-16H2,1-6H3. The first-order valence-corrected chi connectivity index (χ1v) is 10.5. The molecule has 1 atom stereocenters. The first kappa shape index (κ1) is 23.9. The molecule has 0 fully saturated rings. The summed E-state index contributed by atoms with van der Waals surface area (Å²) in [5.41, 5.74) is -0.323. The highest BCUT2D eigenvalue weighted by Gasteiger charge is 2.30. The Labute approximate surface area is 179 Å². The molecule has 0 heterocycles. The Hall–Kier alpha value is -2.37. The molecule has 30 heavy (non-hydrogen) atoms. The molecule has 0 spiro atoms. The van der Waals surface area contributed by atoms with E-state index in [2.05, 4.69) is 13.8 Å². The van der Waals surface area contributed by atoms with Gasteiger partial charge < -0.3 is 19.7 Å². The van der Waals surface area contributed by atoms with Crippen LogP contribution in [0.1, 0.15) is 77.0 Å². The van der Waals surface area contributed by atoms with E-state index in [4.69, 9.17) is 9.47 Å². The minimum absolute atomic E-state index is 0.0403. The van der Waals surface area contributed by atoms with Crippen LogP contribution >= 0.6 is 0 Å². The lowest BCUT2D eigenvalue weighted by Crippen LogP contribution is -2.25. The smallest absolute Gasteiger partial charge is 0.314 e. The number of rotatable bonds is 9. The van der Waals surface area contributed by atoms with E-state index in [1.54, 1.807) is 45.9 Å². The summed E-state index contributed by atoms with van der Waals surface area (Å²) in [5, 5.41) is 21.0. The van der Waals surface area contributed by atoms with Gasteiger partial charge in [0.05, 0.1) is 24.2 Å². The van der Waals surface area contributed by atoms with Gasteiger partial charge in [-0.25, -0.2) is 0 Å². The van der Waals surface area contributed by atoms with Crippen molar-refractivity contribution in [3.63, 3.8) is 0 Å². The van der Waals surface area contributed by atoms with E-state index in [1.165, 1.54) is 5.56 Å². The Kier molecular flexibility index (Phi) is 7.67. The molecule has 5 nitrogen and oxygen atoms in total. The summed E-state index contributed by atoms with van der Waals surface area (Å²) in [5.74, 6) is 0.896. The molecule has 0 radical (unpaired) electrons. The first-order chi connectivity index (χ1) is 13.9. The van der Waals surface area contributed by atoms with Crippen LogP contribution in [0.5, 0.6) is 11.5 Å². The predicted octanol–water partition coefficient (Wildman–Crippen LogP) is 5.03. The number of benzene rings is 2. The second-order valence-electron chi connectivity index (χ2n) is 8.75. The maximum absolute atomic E-state index is 12.5. The van der Waals surface area contributed by atoms with Crippen LogP contribution < -0.4 is 9.47 Å². The van der Waals surface area contributed by atoms with Gasteiger partial charge in [0.1, 0.15) is 11.5 Å². The first-order valence-electron chi connectivity index (χ1n) is 10.5. The lowest BCUT2D eigenvalue weighted by atomic mass is 9.89. The average molecular weight is 415 g/mol. The number of hydrogen-bond acceptors (Lipinski definition) is 5. The van der Waals surface area contributed by atoms with Gasteiger partial charge in [0.25, 0.3) is 0 Å². The van der Waals surface area contributed by atoms with Crippen molar-refractivity contribution in [2.45, 2.75) is 71.5 Å². The summed E-state index contributed by atoms with van der Waals surface area (Å²) in [6.07, 6.45) is 1.11. The van der Waals surface area contributed by atoms with E-state index in [9.17, 15) is 15.0 Å². The molecular weight excluding hydrogens is 380 g/mol. The third-order valence-electron chi connectivity index (χ3n) is 5.19. The normalized spacial score (nSPS) is 13.1. The van der Waals surface area contributed by atoms with Gasteiger partial charge in [0.2, 0.25) is 0 Å². The zero-order valence-corrected chi connectivity index (χ0v) is 18.9. The molecule has 2 aromatic carbocycles. The zero-order chi connectivity index (χ0) is 22.5. The molecule has 0 bridgehead atoms. The average Bonchev–Trinajstić information content (AvgIpc) is 2.66. The lowest BCUT2D eigenvalue weighted by molar-refractivity contribution is -0.135. The van der Waals surface area contributed by atoms with Gasteiger partial charge in [0, 0.05) is 11.1 Å². The van der Waals surface area contributed by atoms with Crippen molar-refractivity contribution in [3.05, 3.63) is 59.2 Å². The number of ether oxygens (including phenoxy) is 2. The Bertz CT molecular complexity index is 809. The summed E-state index contributed by atoms with van der Waals surface area (Å²) >= 11 is 0. The highest BCUT2D eigenvalue weighted by molar-refractivity contribution is 5.74. The van der Waals surface area contributed by atoms with E-state index >= 15 is 0 Å². The largest absolute Gasteiger partial charge is 0.493 e. The molecule has 0 saturated heterocycles. The number of aliphatic hydroxyl groups is 2. The molecule has 0 aromatic heterocycles. The van der Waals surface area contributed by atoms with Crippen molar-refractivity contribution in [2.24, 2.45) is 0 Å². The van der Waals surface area contributed by atoms with E-state index < -0.39 is 17.2 Å². The molecule has 0 saturated carbocycles. The molecule has 0 aliphatic rings. The maximum Gasteiger partial charge on any atom is 0.314 e. The Morgan fingerprint density at radius 1 is 0.967 bits per heavy atom. The van der Waals surface area contributed by atoms with E-state index in [1.807, 2.05) is 24.3 Å². The highest BCUT2D eigenvalue weighted by Crippen LogP contribution is 2.38. The fourth-order valence-electron chi connectivity index (χ4n) is 3.16. The van der Waals surface area contributed by atoms with Crippen LogP contribution in [0.3, 0.4) is 0 Å². The molecule has 1 unspecified atom stereocenters. The summed E-state index contributed by atoms with van der Waals surface area (Å²) in [4.78, 5) is 12.5. The number of carbonyl (C=O) groups excluding carboxylic acids is 1. The number of para-hydroxylation sites is 1. The van der Waals surface area contributed by atoms with Gasteiger partial charge in [0.15, 0.2) is 0 Å². The van der Waals surface area contributed by atoms with Gasteiger partial charge in [-0.05, 0) is 57.7 Å². The van der Waals surface area contributed by atoms with Crippen LogP contribution in [-0.4, -0.2) is 22.8 Å². The number of carbonyl (C=O) groups is 1. The third-order valence-corrected chi connectivity index (χ3v) is 5.19. The fourth-order valence-corrected chi connectivity index (χ4v) is 3.16. The number of esters is 1. The molecule has 5 heteroatoms. The van der Waals surface area contributed by atoms with Crippen molar-refractivity contribution < 1.29 is 24.5 Å². The monoisotopic (exact) mass is 414 g/mol. The van der Waals surface area contributed by atoms with Crippen molar-refractivity contribution >= 4 is 5.97 Å². The van der Waals surface area contributed by atoms with E-state index in [0.29, 0.717) is 22.8 Å². The van der Waals surface area contributed by atoms with Crippen LogP contribution in [0.4, 0.5) is 0 Å². The summed E-state index contributed by atoms with van der Waals surface area (Å²) in [6.45, 7) is 10.9. The Morgan fingerprint density at radius 3 is 1.97 bits per heavy atom. The predicted molar refractivity (Wildman–Crippen MR) is 118 cm³/mol. The van der Waals surface area contributed by atoms with Crippen molar-refractivity contribution in [1.82, 2.24) is 0 Å². The summed E-state index contributed by atoms with van der Waals surface area (Å²) in [6, 6.07) is 13.0. The fraction of sp³-hybridized carbons (Fsp3) is 0.480. The van der Waals surface area contributed by atoms with Gasteiger partial charge >= 0.3 is 5.97 Å². The van der Waals surface area contributed by atoms with Crippen LogP contribution in [-0.2, 0) is 16.0 Å². The SMILES string of the molecule is CCC(C)c1ccc(OCCC(=O)Oc2c(C(C)(C)O)cccc2C(C)(C)O)cc1. The van der Waals surface area contributed by atoms with Crippen LogP contribution in [0.15, 0.2) is 42.5 Å². The van der Waals surface area contributed by atoms with Crippen molar-refractivity contribution in [3.8, 4) is 11.5 Å². The van der Waals surface area contributed by atoms with Gasteiger partial charge in [-0.3, -0.25) is 4.79 Å². The van der Waals surface area contributed by atoms with Gasteiger partial charge in [-0.15, -0.1) is 0 Å². The molecule has 0 amide bonds. The van der Waals surface area contributed by atoms with Crippen LogP contribution in [0.2, 0.25) is 0 Å². The minimum atomic E-state index is -1.23. The van der Waals surface area contributed by atoms with Crippen LogP contribution in [0.25, 0.3) is 0 Å². The van der Waals surface area contributed by atoms with Gasteiger partial charge in [-0.2, -0.15) is 0 Å². The molecule has 2 aromatic rings. The topological polar surface area (TPSA) is 76.0 Å². The molecule has 0 aliphatic heterocycles. The number of hydrogen-bond donors (Lipinski definition) is 2. The highest BCUT2D eigenvalue weighted by atomic mass is 16.5. The maximum atomic E-state index is 12.5. The molecular formula is C25H34O5. The third kappa shape index (κ3) is 6.31. The lowest BCUT2D eigenvalue weighted by Gasteiger charge is -2.27. The minimum Gasteiger partial charge on any atom is -0.493 e. The van der Waals surface area contributed by atoms with Crippen molar-refractivity contribution in [1.29, 1.82) is 0 Å². The quantitative estimate of drug-likeness (QED) is 0.445. The second kappa shape index (κ2) is 9.63. The van der Waals surface area contributed by atoms with E-state index in [0.717, 1.165) is 6.42 Å². The molecule has 0 aliphatic carbocycles. The Balaban J connectivity index is 2.06. The van der Waals surface area contributed by atoms with E-state index in [-0.39, 0.29) is 18.8 Å². The zero-order valence-electron chi connectivity index (χ0n) is 18.9. The van der Waals surface area contributed by atoms with Gasteiger partial charge in [-0.1, -0.05) is 44.2 Å². The van der Waals surface area contributed by atoms with Crippen molar-refractivity contribution in [2.75, 3.05) is 6.61 Å². The summed E-state index contributed by atoms with van der Waals surface area (Å²) in [7, 11) is 0.